The van der Waals surface area contributed by atoms with E-state index in [-0.39, 0.29) is 0 Å². The van der Waals surface area contributed by atoms with Gasteiger partial charge in [0.05, 0.1) is 0 Å². The molecule has 0 aromatic rings. The van der Waals surface area contributed by atoms with Crippen molar-refractivity contribution < 1.29 is 0 Å². The van der Waals surface area contributed by atoms with E-state index in [0.717, 1.165) is 37.6 Å². The van der Waals surface area contributed by atoms with Crippen LogP contribution in [-0.4, -0.2) is 49.6 Å². The minimum atomic E-state index is 0.765. The van der Waals surface area contributed by atoms with Crippen molar-refractivity contribution in [2.24, 2.45) is 10.9 Å². The van der Waals surface area contributed by atoms with E-state index in [1.807, 2.05) is 0 Å². The molecule has 1 unspecified atom stereocenters. The Labute approximate surface area is 130 Å². The maximum atomic E-state index is 4.80. The average Bonchev–Trinajstić information content (AvgIpc) is 3.23. The molecular weight excluding hydrogens is 260 g/mol. The Kier molecular flexibility index (Phi) is 7.34. The highest BCUT2D eigenvalue weighted by atomic mass is 15.2. The van der Waals surface area contributed by atoms with Gasteiger partial charge in [-0.3, -0.25) is 4.99 Å². The fourth-order valence-corrected chi connectivity index (χ4v) is 3.10. The number of rotatable bonds is 9. The fraction of sp³-hybridized carbons (Fsp3) is 0.941. The van der Waals surface area contributed by atoms with Gasteiger partial charge < -0.3 is 15.5 Å². The summed E-state index contributed by atoms with van der Waals surface area (Å²) in [7, 11) is 0. The van der Waals surface area contributed by atoms with E-state index in [1.165, 1.54) is 58.0 Å². The maximum Gasteiger partial charge on any atom is 0.191 e. The Morgan fingerprint density at radius 3 is 2.67 bits per heavy atom. The summed E-state index contributed by atoms with van der Waals surface area (Å²) in [4.78, 5) is 7.47. The molecular formula is C17H34N4. The van der Waals surface area contributed by atoms with Crippen LogP contribution >= 0.6 is 0 Å². The number of nitrogens with zero attached hydrogens (tertiary/aromatic N) is 2. The number of unbranched alkanes of at least 4 members (excludes halogenated alkanes) is 3. The van der Waals surface area contributed by atoms with Crippen molar-refractivity contribution in [1.29, 1.82) is 0 Å². The van der Waals surface area contributed by atoms with Gasteiger partial charge in [-0.05, 0) is 45.1 Å². The summed E-state index contributed by atoms with van der Waals surface area (Å²) in [6, 6.07) is 0.920. The molecule has 1 atom stereocenters. The van der Waals surface area contributed by atoms with Crippen LogP contribution in [0.4, 0.5) is 0 Å². The molecule has 4 heteroatoms. The second kappa shape index (κ2) is 9.29. The second-order valence-electron chi connectivity index (χ2n) is 6.59. The van der Waals surface area contributed by atoms with Crippen molar-refractivity contribution >= 4 is 5.96 Å². The summed E-state index contributed by atoms with van der Waals surface area (Å²) >= 11 is 0. The highest BCUT2D eigenvalue weighted by Crippen LogP contribution is 2.31. The molecule has 2 N–H and O–H groups in total. The highest BCUT2D eigenvalue weighted by molar-refractivity contribution is 5.79. The van der Waals surface area contributed by atoms with E-state index < -0.39 is 0 Å². The topological polar surface area (TPSA) is 39.7 Å². The standard InChI is InChI=1S/C17H34N4/c1-3-5-6-7-11-19-17(18-4-2)20-13-15-10-12-21(14-15)16-8-9-16/h15-16H,3-14H2,1-2H3,(H2,18,19,20). The van der Waals surface area contributed by atoms with Crippen LogP contribution in [0, 0.1) is 5.92 Å². The fourth-order valence-electron chi connectivity index (χ4n) is 3.10. The largest absolute Gasteiger partial charge is 0.357 e. The van der Waals surface area contributed by atoms with E-state index in [9.17, 15) is 0 Å². The van der Waals surface area contributed by atoms with Gasteiger partial charge >= 0.3 is 0 Å². The van der Waals surface area contributed by atoms with Gasteiger partial charge in [0, 0.05) is 32.2 Å². The lowest BCUT2D eigenvalue weighted by molar-refractivity contribution is 0.315. The molecule has 2 aliphatic rings. The van der Waals surface area contributed by atoms with Crippen molar-refractivity contribution in [3.63, 3.8) is 0 Å². The summed E-state index contributed by atoms with van der Waals surface area (Å²) in [6.45, 7) is 9.93. The number of hydrogen-bond acceptors (Lipinski definition) is 2. The van der Waals surface area contributed by atoms with E-state index in [4.69, 9.17) is 4.99 Å². The van der Waals surface area contributed by atoms with Crippen LogP contribution < -0.4 is 10.6 Å². The van der Waals surface area contributed by atoms with Crippen molar-refractivity contribution in [3.05, 3.63) is 0 Å². The molecule has 1 saturated heterocycles. The van der Waals surface area contributed by atoms with Crippen LogP contribution in [0.15, 0.2) is 4.99 Å². The van der Waals surface area contributed by atoms with Crippen LogP contribution in [-0.2, 0) is 0 Å². The zero-order valence-electron chi connectivity index (χ0n) is 14.0. The van der Waals surface area contributed by atoms with Gasteiger partial charge in [-0.1, -0.05) is 26.2 Å². The zero-order valence-corrected chi connectivity index (χ0v) is 14.0. The second-order valence-corrected chi connectivity index (χ2v) is 6.59. The number of likely N-dealkylation sites (tertiary alicyclic amines) is 1. The molecule has 2 fully saturated rings. The van der Waals surface area contributed by atoms with Gasteiger partial charge in [-0.25, -0.2) is 0 Å². The lowest BCUT2D eigenvalue weighted by atomic mass is 10.1. The van der Waals surface area contributed by atoms with Crippen molar-refractivity contribution in [1.82, 2.24) is 15.5 Å². The SMILES string of the molecule is CCCCCCNC(=NCC1CCN(C2CC2)C1)NCC. The van der Waals surface area contributed by atoms with Gasteiger partial charge in [-0.15, -0.1) is 0 Å². The molecule has 1 aliphatic carbocycles. The van der Waals surface area contributed by atoms with Gasteiger partial charge in [0.25, 0.3) is 0 Å². The predicted octanol–water partition coefficient (Wildman–Crippen LogP) is 2.61. The molecule has 122 valence electrons. The maximum absolute atomic E-state index is 4.80. The van der Waals surface area contributed by atoms with Gasteiger partial charge in [0.1, 0.15) is 0 Å². The zero-order chi connectivity index (χ0) is 14.9. The molecule has 0 bridgehead atoms. The first-order chi connectivity index (χ1) is 10.3. The van der Waals surface area contributed by atoms with Crippen molar-refractivity contribution in [2.75, 3.05) is 32.7 Å². The van der Waals surface area contributed by atoms with E-state index >= 15 is 0 Å². The van der Waals surface area contributed by atoms with Crippen LogP contribution in [0.5, 0.6) is 0 Å². The monoisotopic (exact) mass is 294 g/mol. The molecule has 0 aromatic heterocycles. The molecule has 0 radical (unpaired) electrons. The Balaban J connectivity index is 1.64. The molecule has 1 aliphatic heterocycles. The minimum absolute atomic E-state index is 0.765. The third-order valence-corrected chi connectivity index (χ3v) is 4.56. The van der Waals surface area contributed by atoms with Crippen LogP contribution in [0.1, 0.15) is 58.8 Å². The molecule has 1 saturated carbocycles. The molecule has 0 aromatic carbocycles. The number of nitrogens with one attached hydrogen (secondary N) is 2. The third-order valence-electron chi connectivity index (χ3n) is 4.56. The van der Waals surface area contributed by atoms with E-state index in [0.29, 0.717) is 0 Å². The Hall–Kier alpha value is -0.770. The Morgan fingerprint density at radius 2 is 1.95 bits per heavy atom. The van der Waals surface area contributed by atoms with Crippen LogP contribution in [0.25, 0.3) is 0 Å². The van der Waals surface area contributed by atoms with Crippen molar-refractivity contribution in [2.45, 2.75) is 64.8 Å². The van der Waals surface area contributed by atoms with E-state index in [2.05, 4.69) is 29.4 Å². The molecule has 21 heavy (non-hydrogen) atoms. The lowest BCUT2D eigenvalue weighted by Crippen LogP contribution is -2.38. The smallest absolute Gasteiger partial charge is 0.191 e. The summed E-state index contributed by atoms with van der Waals surface area (Å²) < 4.78 is 0. The van der Waals surface area contributed by atoms with E-state index in [1.54, 1.807) is 0 Å². The Bertz CT molecular complexity index is 312. The average molecular weight is 294 g/mol. The van der Waals surface area contributed by atoms with Gasteiger partial charge in [0.2, 0.25) is 0 Å². The number of aliphatic imine (C=N–C) groups is 1. The number of hydrogen-bond donors (Lipinski definition) is 2. The quantitative estimate of drug-likeness (QED) is 0.390. The third kappa shape index (κ3) is 6.25. The summed E-state index contributed by atoms with van der Waals surface area (Å²) in [5.41, 5.74) is 0. The molecule has 0 spiro atoms. The minimum Gasteiger partial charge on any atom is -0.357 e. The lowest BCUT2D eigenvalue weighted by Gasteiger charge is -2.15. The Morgan fingerprint density at radius 1 is 1.10 bits per heavy atom. The predicted molar refractivity (Wildman–Crippen MR) is 90.8 cm³/mol. The van der Waals surface area contributed by atoms with Gasteiger partial charge in [-0.2, -0.15) is 0 Å². The summed E-state index contributed by atoms with van der Waals surface area (Å²) in [5, 5.41) is 6.84. The van der Waals surface area contributed by atoms with Gasteiger partial charge in [0.15, 0.2) is 5.96 Å². The molecule has 0 amide bonds. The van der Waals surface area contributed by atoms with Crippen LogP contribution in [0.3, 0.4) is 0 Å². The molecule has 4 nitrogen and oxygen atoms in total. The van der Waals surface area contributed by atoms with Crippen LogP contribution in [0.2, 0.25) is 0 Å². The number of guanidine groups is 1. The normalized spacial score (nSPS) is 23.5. The summed E-state index contributed by atoms with van der Waals surface area (Å²) in [5.74, 6) is 1.78. The first-order valence-corrected chi connectivity index (χ1v) is 9.09. The highest BCUT2D eigenvalue weighted by Gasteiger charge is 2.34. The van der Waals surface area contributed by atoms with Crippen molar-refractivity contribution in [3.8, 4) is 0 Å². The first kappa shape index (κ1) is 16.6. The first-order valence-electron chi connectivity index (χ1n) is 9.09. The summed E-state index contributed by atoms with van der Waals surface area (Å²) in [6.07, 6.45) is 9.40. The molecule has 1 heterocycles. The molecule has 2 rings (SSSR count).